The molecule has 4 aromatic carbocycles. The summed E-state index contributed by atoms with van der Waals surface area (Å²) >= 11 is 11.5. The van der Waals surface area contributed by atoms with Crippen LogP contribution in [0.15, 0.2) is 72.8 Å². The van der Waals surface area contributed by atoms with E-state index in [0.717, 1.165) is 54.6 Å². The standard InChI is InChI=1S/C16H11ClF4O2.C15H9ClF4O3/c1-9(22)12-6-10(2-4-14(12)18)8-23-15-5-3-11(7-13(15)17)16(19,20)21;16-11-6-9(15(18,19)20)2-4-13(11)23-7-8-1-3-12(17)10(5-8)14(21)22/h2-7H,8H2,1H3;1-6H,7H2,(H,21,22). The van der Waals surface area contributed by atoms with Gasteiger partial charge in [0.25, 0.3) is 0 Å². The molecule has 0 bridgehead atoms. The number of aromatic carboxylic acids is 1. The number of carbonyl (C=O) groups is 2. The van der Waals surface area contributed by atoms with Crippen LogP contribution < -0.4 is 9.47 Å². The quantitative estimate of drug-likeness (QED) is 0.147. The van der Waals surface area contributed by atoms with Gasteiger partial charge < -0.3 is 14.6 Å². The Bertz CT molecular complexity index is 1610. The molecule has 0 saturated carbocycles. The maximum atomic E-state index is 13.4. The first-order chi connectivity index (χ1) is 21.4. The zero-order chi connectivity index (χ0) is 34.4. The van der Waals surface area contributed by atoms with Crippen LogP contribution in [0.4, 0.5) is 35.1 Å². The van der Waals surface area contributed by atoms with Crippen LogP contribution in [0.5, 0.6) is 11.5 Å². The molecular weight excluding hydrogens is 675 g/mol. The summed E-state index contributed by atoms with van der Waals surface area (Å²) in [6, 6.07) is 12.6. The Kier molecular flexibility index (Phi) is 11.6. The van der Waals surface area contributed by atoms with Crippen molar-refractivity contribution in [3.05, 3.63) is 128 Å². The molecule has 1 N–H and O–H groups in total. The molecule has 0 unspecified atom stereocenters. The Morgan fingerprint density at radius 2 is 1.04 bits per heavy atom. The zero-order valence-corrected chi connectivity index (χ0v) is 24.7. The van der Waals surface area contributed by atoms with E-state index in [2.05, 4.69) is 0 Å². The Hall–Kier alpha value is -4.36. The second kappa shape index (κ2) is 14.8. The number of carbonyl (C=O) groups excluding carboxylic acids is 1. The van der Waals surface area contributed by atoms with Gasteiger partial charge in [-0.2, -0.15) is 26.3 Å². The van der Waals surface area contributed by atoms with Crippen molar-refractivity contribution >= 4 is 35.0 Å². The first-order valence-electron chi connectivity index (χ1n) is 12.7. The van der Waals surface area contributed by atoms with Gasteiger partial charge in [-0.15, -0.1) is 0 Å². The van der Waals surface area contributed by atoms with Crippen molar-refractivity contribution in [3.8, 4) is 11.5 Å². The topological polar surface area (TPSA) is 72.8 Å². The molecule has 0 fully saturated rings. The fraction of sp³-hybridized carbons (Fsp3) is 0.161. The number of alkyl halides is 6. The molecule has 0 aliphatic heterocycles. The maximum Gasteiger partial charge on any atom is 0.416 e. The summed E-state index contributed by atoms with van der Waals surface area (Å²) in [4.78, 5) is 22.1. The highest BCUT2D eigenvalue weighted by atomic mass is 35.5. The van der Waals surface area contributed by atoms with Gasteiger partial charge >= 0.3 is 18.3 Å². The highest BCUT2D eigenvalue weighted by molar-refractivity contribution is 6.32. The first-order valence-corrected chi connectivity index (χ1v) is 13.4. The van der Waals surface area contributed by atoms with Gasteiger partial charge in [-0.05, 0) is 78.7 Å². The summed E-state index contributed by atoms with van der Waals surface area (Å²) < 4.78 is 112. The van der Waals surface area contributed by atoms with Gasteiger partial charge in [0.15, 0.2) is 5.78 Å². The summed E-state index contributed by atoms with van der Waals surface area (Å²) in [5, 5.41) is 8.40. The van der Waals surface area contributed by atoms with E-state index >= 15 is 0 Å². The van der Waals surface area contributed by atoms with E-state index in [9.17, 15) is 44.7 Å². The zero-order valence-electron chi connectivity index (χ0n) is 23.2. The highest BCUT2D eigenvalue weighted by Crippen LogP contribution is 2.36. The summed E-state index contributed by atoms with van der Waals surface area (Å²) in [6.07, 6.45) is -9.01. The lowest BCUT2D eigenvalue weighted by molar-refractivity contribution is -0.138. The van der Waals surface area contributed by atoms with Crippen LogP contribution >= 0.6 is 23.2 Å². The molecule has 0 saturated heterocycles. The van der Waals surface area contributed by atoms with Crippen LogP contribution in [0.2, 0.25) is 10.0 Å². The molecule has 0 radical (unpaired) electrons. The number of benzene rings is 4. The van der Waals surface area contributed by atoms with Crippen LogP contribution in [0.25, 0.3) is 0 Å². The lowest BCUT2D eigenvalue weighted by Gasteiger charge is -2.12. The number of ketones is 1. The molecule has 0 aliphatic carbocycles. The van der Waals surface area contributed by atoms with E-state index in [1.165, 1.54) is 25.1 Å². The average molecular weight is 695 g/mol. The molecular formula is C31H20Cl2F8O5. The number of ether oxygens (including phenoxy) is 2. The predicted molar refractivity (Wildman–Crippen MR) is 151 cm³/mol. The monoisotopic (exact) mass is 694 g/mol. The van der Waals surface area contributed by atoms with Gasteiger partial charge in [0, 0.05) is 0 Å². The van der Waals surface area contributed by atoms with Crippen LogP contribution in [0.1, 0.15) is 49.9 Å². The maximum absolute atomic E-state index is 13.4. The molecule has 15 heteroatoms. The average Bonchev–Trinajstić information content (AvgIpc) is 2.96. The van der Waals surface area contributed by atoms with Crippen molar-refractivity contribution < 1.29 is 59.3 Å². The van der Waals surface area contributed by atoms with Gasteiger partial charge in [-0.25, -0.2) is 13.6 Å². The normalized spacial score (nSPS) is 11.4. The Balaban J connectivity index is 0.000000250. The highest BCUT2D eigenvalue weighted by Gasteiger charge is 2.32. The van der Waals surface area contributed by atoms with Gasteiger partial charge in [0.1, 0.15) is 36.3 Å². The van der Waals surface area contributed by atoms with E-state index < -0.39 is 52.4 Å². The molecule has 5 nitrogen and oxygen atoms in total. The predicted octanol–water partition coefficient (Wildman–Crippen LogP) is 10.1. The molecule has 46 heavy (non-hydrogen) atoms. The molecule has 0 heterocycles. The van der Waals surface area contributed by atoms with Crippen molar-refractivity contribution in [2.45, 2.75) is 32.5 Å². The van der Waals surface area contributed by atoms with Crippen LogP contribution in [-0.2, 0) is 25.6 Å². The van der Waals surface area contributed by atoms with Crippen LogP contribution in [0.3, 0.4) is 0 Å². The van der Waals surface area contributed by atoms with E-state index in [-0.39, 0.29) is 40.3 Å². The number of hydrogen-bond donors (Lipinski definition) is 1. The smallest absolute Gasteiger partial charge is 0.416 e. The molecule has 0 amide bonds. The Morgan fingerprint density at radius 3 is 1.39 bits per heavy atom. The summed E-state index contributed by atoms with van der Waals surface area (Å²) in [6.45, 7) is 0.993. The van der Waals surface area contributed by atoms with E-state index in [1.807, 2.05) is 0 Å². The van der Waals surface area contributed by atoms with Gasteiger partial charge in [0.05, 0.1) is 32.3 Å². The number of carboxylic acids is 1. The number of rotatable bonds is 8. The third-order valence-electron chi connectivity index (χ3n) is 5.98. The second-order valence-electron chi connectivity index (χ2n) is 9.35. The second-order valence-corrected chi connectivity index (χ2v) is 10.2. The van der Waals surface area contributed by atoms with Gasteiger partial charge in [-0.3, -0.25) is 4.79 Å². The lowest BCUT2D eigenvalue weighted by atomic mass is 10.1. The third-order valence-corrected chi connectivity index (χ3v) is 6.57. The third kappa shape index (κ3) is 9.82. The van der Waals surface area contributed by atoms with Crippen molar-refractivity contribution in [2.24, 2.45) is 0 Å². The summed E-state index contributed by atoms with van der Waals surface area (Å²) in [7, 11) is 0. The van der Waals surface area contributed by atoms with Crippen LogP contribution in [0, 0.1) is 11.6 Å². The minimum Gasteiger partial charge on any atom is -0.487 e. The number of carboxylic acid groups (broad SMARTS) is 1. The first kappa shape index (κ1) is 36.1. The summed E-state index contributed by atoms with van der Waals surface area (Å²) in [5.41, 5.74) is -1.57. The molecule has 4 rings (SSSR count). The number of Topliss-reactive ketones (excluding diaryl/α,β-unsaturated/α-hetero) is 1. The number of halogens is 10. The van der Waals surface area contributed by atoms with Gasteiger partial charge in [0.2, 0.25) is 0 Å². The van der Waals surface area contributed by atoms with Crippen molar-refractivity contribution in [2.75, 3.05) is 0 Å². The van der Waals surface area contributed by atoms with Gasteiger partial charge in [-0.1, -0.05) is 35.3 Å². The molecule has 0 spiro atoms. The van der Waals surface area contributed by atoms with E-state index in [4.69, 9.17) is 37.8 Å². The molecule has 244 valence electrons. The number of hydrogen-bond acceptors (Lipinski definition) is 4. The SMILES string of the molecule is CC(=O)c1cc(COc2ccc(C(F)(F)F)cc2Cl)ccc1F.O=C(O)c1cc(COc2ccc(C(F)(F)F)cc2Cl)ccc1F. The fourth-order valence-corrected chi connectivity index (χ4v) is 4.14. The molecule has 0 aromatic heterocycles. The largest absolute Gasteiger partial charge is 0.487 e. The molecule has 0 atom stereocenters. The van der Waals surface area contributed by atoms with E-state index in [0.29, 0.717) is 11.1 Å². The van der Waals surface area contributed by atoms with Crippen molar-refractivity contribution in [1.29, 1.82) is 0 Å². The lowest BCUT2D eigenvalue weighted by Crippen LogP contribution is -2.06. The molecule has 0 aliphatic rings. The molecule has 4 aromatic rings. The van der Waals surface area contributed by atoms with E-state index in [1.54, 1.807) is 0 Å². The Labute approximate surface area is 265 Å². The Morgan fingerprint density at radius 1 is 0.652 bits per heavy atom. The minimum absolute atomic E-state index is 0.000802. The summed E-state index contributed by atoms with van der Waals surface area (Å²) in [5.74, 6) is -3.34. The fourth-order valence-electron chi connectivity index (χ4n) is 3.67. The van der Waals surface area contributed by atoms with Crippen LogP contribution in [-0.4, -0.2) is 16.9 Å². The van der Waals surface area contributed by atoms with Crippen molar-refractivity contribution in [3.63, 3.8) is 0 Å². The van der Waals surface area contributed by atoms with Crippen molar-refractivity contribution in [1.82, 2.24) is 0 Å². The minimum atomic E-state index is -4.52.